The van der Waals surface area contributed by atoms with Crippen LogP contribution in [0.5, 0.6) is 0 Å². The fourth-order valence-corrected chi connectivity index (χ4v) is 2.48. The third kappa shape index (κ3) is 2.35. The van der Waals surface area contributed by atoms with Gasteiger partial charge in [0, 0.05) is 24.8 Å². The normalized spacial score (nSPS) is 25.8. The minimum Gasteiger partial charge on any atom is -0.371 e. The fourth-order valence-electron chi connectivity index (χ4n) is 2.48. The number of halogens is 1. The molecular formula is C13H19FN2. The Hall–Kier alpha value is -1.09. The first-order valence-corrected chi connectivity index (χ1v) is 5.88. The third-order valence-corrected chi connectivity index (χ3v) is 3.45. The lowest BCUT2D eigenvalue weighted by molar-refractivity contribution is 0.339. The van der Waals surface area contributed by atoms with Crippen LogP contribution in [0.1, 0.15) is 13.3 Å². The molecule has 2 rings (SSSR count). The van der Waals surface area contributed by atoms with Gasteiger partial charge < -0.3 is 10.2 Å². The van der Waals surface area contributed by atoms with E-state index < -0.39 is 0 Å². The van der Waals surface area contributed by atoms with Gasteiger partial charge in [-0.3, -0.25) is 0 Å². The van der Waals surface area contributed by atoms with Crippen LogP contribution in [0.3, 0.4) is 0 Å². The Bertz CT molecular complexity index is 354. The average molecular weight is 222 g/mol. The highest BCUT2D eigenvalue weighted by atomic mass is 19.1. The molecule has 1 aromatic carbocycles. The van der Waals surface area contributed by atoms with E-state index in [0.29, 0.717) is 12.0 Å². The molecule has 1 aromatic rings. The molecule has 1 aliphatic rings. The number of hydrogen-bond acceptors (Lipinski definition) is 2. The molecule has 2 nitrogen and oxygen atoms in total. The maximum atomic E-state index is 13.1. The Balaban J connectivity index is 2.07. The van der Waals surface area contributed by atoms with Crippen molar-refractivity contribution >= 4 is 5.69 Å². The van der Waals surface area contributed by atoms with Crippen LogP contribution < -0.4 is 10.2 Å². The number of hydrogen-bond donors (Lipinski definition) is 1. The molecule has 0 aliphatic carbocycles. The summed E-state index contributed by atoms with van der Waals surface area (Å²) in [5.41, 5.74) is 1.00. The summed E-state index contributed by atoms with van der Waals surface area (Å²) in [6.07, 6.45) is 1.12. The van der Waals surface area contributed by atoms with Crippen LogP contribution in [0.2, 0.25) is 0 Å². The van der Waals surface area contributed by atoms with Gasteiger partial charge in [-0.05, 0) is 37.6 Å². The molecule has 88 valence electrons. The van der Waals surface area contributed by atoms with Crippen molar-refractivity contribution in [3.63, 3.8) is 0 Å². The van der Waals surface area contributed by atoms with E-state index in [1.54, 1.807) is 12.1 Å². The molecule has 0 radical (unpaired) electrons. The smallest absolute Gasteiger partial charge is 0.125 e. The van der Waals surface area contributed by atoms with Crippen LogP contribution in [-0.2, 0) is 0 Å². The number of nitrogens with one attached hydrogen (secondary N) is 1. The predicted molar refractivity (Wildman–Crippen MR) is 65.2 cm³/mol. The maximum absolute atomic E-state index is 13.1. The second kappa shape index (κ2) is 4.83. The van der Waals surface area contributed by atoms with Gasteiger partial charge in [-0.15, -0.1) is 0 Å². The Labute approximate surface area is 96.5 Å². The third-order valence-electron chi connectivity index (χ3n) is 3.45. The number of anilines is 1. The first-order valence-electron chi connectivity index (χ1n) is 5.88. The number of nitrogens with zero attached hydrogens (tertiary/aromatic N) is 1. The number of piperidine rings is 1. The van der Waals surface area contributed by atoms with Crippen LogP contribution in [0.25, 0.3) is 0 Å². The van der Waals surface area contributed by atoms with Gasteiger partial charge in [0.25, 0.3) is 0 Å². The van der Waals surface area contributed by atoms with E-state index in [0.717, 1.165) is 25.2 Å². The van der Waals surface area contributed by atoms with E-state index >= 15 is 0 Å². The van der Waals surface area contributed by atoms with Crippen molar-refractivity contribution in [2.45, 2.75) is 19.4 Å². The zero-order valence-corrected chi connectivity index (χ0v) is 9.91. The van der Waals surface area contributed by atoms with E-state index in [1.807, 2.05) is 13.1 Å². The Morgan fingerprint density at radius 2 is 2.25 bits per heavy atom. The van der Waals surface area contributed by atoms with Gasteiger partial charge in [0.2, 0.25) is 0 Å². The molecule has 1 heterocycles. The maximum Gasteiger partial charge on any atom is 0.125 e. The molecular weight excluding hydrogens is 203 g/mol. The quantitative estimate of drug-likeness (QED) is 0.825. The highest BCUT2D eigenvalue weighted by Gasteiger charge is 2.24. The van der Waals surface area contributed by atoms with Crippen molar-refractivity contribution in [1.82, 2.24) is 5.32 Å². The zero-order valence-electron chi connectivity index (χ0n) is 9.91. The second-order valence-corrected chi connectivity index (χ2v) is 4.59. The van der Waals surface area contributed by atoms with Gasteiger partial charge in [-0.1, -0.05) is 13.0 Å². The molecule has 0 amide bonds. The summed E-state index contributed by atoms with van der Waals surface area (Å²) in [5, 5.41) is 3.34. The topological polar surface area (TPSA) is 15.3 Å². The summed E-state index contributed by atoms with van der Waals surface area (Å²) in [4.78, 5) is 2.27. The minimum atomic E-state index is -0.152. The summed E-state index contributed by atoms with van der Waals surface area (Å²) >= 11 is 0. The van der Waals surface area contributed by atoms with Crippen LogP contribution in [0.15, 0.2) is 24.3 Å². The Kier molecular flexibility index (Phi) is 3.44. The van der Waals surface area contributed by atoms with Crippen molar-refractivity contribution in [3.05, 3.63) is 30.1 Å². The van der Waals surface area contributed by atoms with Gasteiger partial charge >= 0.3 is 0 Å². The van der Waals surface area contributed by atoms with Crippen molar-refractivity contribution in [2.75, 3.05) is 25.0 Å². The van der Waals surface area contributed by atoms with Crippen LogP contribution >= 0.6 is 0 Å². The lowest BCUT2D eigenvalue weighted by atomic mass is 9.93. The molecule has 0 spiro atoms. The van der Waals surface area contributed by atoms with Gasteiger partial charge in [-0.2, -0.15) is 0 Å². The SMILES string of the molecule is CNC1CCN(c2cccc(F)c2)CC1C. The van der Waals surface area contributed by atoms with Gasteiger partial charge in [0.15, 0.2) is 0 Å². The molecule has 1 N–H and O–H groups in total. The minimum absolute atomic E-state index is 0.152. The van der Waals surface area contributed by atoms with Crippen LogP contribution in [0, 0.1) is 11.7 Å². The average Bonchev–Trinajstić information content (AvgIpc) is 2.29. The van der Waals surface area contributed by atoms with E-state index in [2.05, 4.69) is 17.1 Å². The summed E-state index contributed by atoms with van der Waals surface area (Å²) in [5.74, 6) is 0.447. The number of benzene rings is 1. The summed E-state index contributed by atoms with van der Waals surface area (Å²) in [7, 11) is 2.01. The molecule has 2 unspecified atom stereocenters. The molecule has 0 saturated carbocycles. The Morgan fingerprint density at radius 1 is 1.44 bits per heavy atom. The van der Waals surface area contributed by atoms with Gasteiger partial charge in [0.1, 0.15) is 5.82 Å². The van der Waals surface area contributed by atoms with Crippen molar-refractivity contribution < 1.29 is 4.39 Å². The summed E-state index contributed by atoms with van der Waals surface area (Å²) in [6, 6.07) is 7.46. The lowest BCUT2D eigenvalue weighted by Gasteiger charge is -2.38. The van der Waals surface area contributed by atoms with E-state index in [-0.39, 0.29) is 5.82 Å². The van der Waals surface area contributed by atoms with Crippen molar-refractivity contribution in [3.8, 4) is 0 Å². The first-order chi connectivity index (χ1) is 7.70. The zero-order chi connectivity index (χ0) is 11.5. The summed E-state index contributed by atoms with van der Waals surface area (Å²) < 4.78 is 13.1. The van der Waals surface area contributed by atoms with E-state index in [4.69, 9.17) is 0 Å². The van der Waals surface area contributed by atoms with Gasteiger partial charge in [-0.25, -0.2) is 4.39 Å². The molecule has 1 saturated heterocycles. The largest absolute Gasteiger partial charge is 0.371 e. The molecule has 2 atom stereocenters. The predicted octanol–water partition coefficient (Wildman–Crippen LogP) is 2.26. The van der Waals surface area contributed by atoms with Crippen molar-refractivity contribution in [2.24, 2.45) is 5.92 Å². The molecule has 16 heavy (non-hydrogen) atoms. The summed E-state index contributed by atoms with van der Waals surface area (Å²) in [6.45, 7) is 4.24. The van der Waals surface area contributed by atoms with Crippen LogP contribution in [-0.4, -0.2) is 26.2 Å². The highest BCUT2D eigenvalue weighted by Crippen LogP contribution is 2.23. The molecule has 1 fully saturated rings. The van der Waals surface area contributed by atoms with Crippen LogP contribution in [0.4, 0.5) is 10.1 Å². The molecule has 0 aromatic heterocycles. The highest BCUT2D eigenvalue weighted by molar-refractivity contribution is 5.47. The second-order valence-electron chi connectivity index (χ2n) is 4.59. The Morgan fingerprint density at radius 3 is 2.88 bits per heavy atom. The molecule has 0 bridgehead atoms. The monoisotopic (exact) mass is 222 g/mol. The van der Waals surface area contributed by atoms with E-state index in [1.165, 1.54) is 6.07 Å². The fraction of sp³-hybridized carbons (Fsp3) is 0.538. The molecule has 3 heteroatoms. The molecule has 1 aliphatic heterocycles. The standard InChI is InChI=1S/C13H19FN2/c1-10-9-16(7-6-13(10)15-2)12-5-3-4-11(14)8-12/h3-5,8,10,13,15H,6-7,9H2,1-2H3. The van der Waals surface area contributed by atoms with Gasteiger partial charge in [0.05, 0.1) is 0 Å². The number of rotatable bonds is 2. The van der Waals surface area contributed by atoms with E-state index in [9.17, 15) is 4.39 Å². The van der Waals surface area contributed by atoms with Crippen molar-refractivity contribution in [1.29, 1.82) is 0 Å². The lowest BCUT2D eigenvalue weighted by Crippen LogP contribution is -2.47. The first kappa shape index (κ1) is 11.4.